The zero-order valence-corrected chi connectivity index (χ0v) is 14.8. The van der Waals surface area contributed by atoms with Crippen molar-refractivity contribution in [1.29, 1.82) is 0 Å². The Labute approximate surface area is 130 Å². The molecule has 5 heteroatoms. The summed E-state index contributed by atoms with van der Waals surface area (Å²) in [5.74, 6) is -0.248. The fourth-order valence-corrected chi connectivity index (χ4v) is 3.54. The summed E-state index contributed by atoms with van der Waals surface area (Å²) in [6.07, 6.45) is 5.53. The molecule has 2 unspecified atom stereocenters. The molecule has 96 valence electrons. The van der Waals surface area contributed by atoms with Gasteiger partial charge in [0.05, 0.1) is 5.38 Å². The fraction of sp³-hybridized carbons (Fsp3) is 0.909. The number of halogens is 3. The monoisotopic (exact) mass is 472 g/mol. The molecule has 0 radical (unpaired) electrons. The average Bonchev–Trinajstić information content (AvgIpc) is 2.20. The Morgan fingerprint density at radius 2 is 1.94 bits per heavy atom. The quantitative estimate of drug-likeness (QED) is 0.222. The van der Waals surface area contributed by atoms with Gasteiger partial charge in [0.1, 0.15) is 8.04 Å². The predicted molar refractivity (Wildman–Crippen MR) is 85.8 cm³/mol. The van der Waals surface area contributed by atoms with Crippen molar-refractivity contribution in [3.8, 4) is 0 Å². The highest BCUT2D eigenvalue weighted by atomic mass is 127. The zero-order valence-electron chi connectivity index (χ0n) is 9.72. The summed E-state index contributed by atoms with van der Waals surface area (Å²) < 4.78 is 5.46. The maximum absolute atomic E-state index is 11.0. The van der Waals surface area contributed by atoms with Gasteiger partial charge < -0.3 is 4.74 Å². The number of carbonyl (C=O) groups is 1. The Bertz CT molecular complexity index is 200. The van der Waals surface area contributed by atoms with E-state index in [2.05, 4.69) is 52.1 Å². The number of alkyl halides is 3. The molecular weight excluding hydrogens is 453 g/mol. The van der Waals surface area contributed by atoms with Crippen LogP contribution in [0, 0.1) is 0 Å². The summed E-state index contributed by atoms with van der Waals surface area (Å²) >= 11 is 10.8. The van der Waals surface area contributed by atoms with E-state index in [1.54, 1.807) is 0 Å². The van der Waals surface area contributed by atoms with Gasteiger partial charge in [-0.2, -0.15) is 0 Å². The third-order valence-electron chi connectivity index (χ3n) is 2.24. The summed E-state index contributed by atoms with van der Waals surface area (Å²) in [6.45, 7) is 3.62. The molecule has 0 aromatic heterocycles. The number of carbonyl (C=O) groups excluding carboxylic acids is 1. The van der Waals surface area contributed by atoms with Gasteiger partial charge in [-0.25, -0.2) is 0 Å². The van der Waals surface area contributed by atoms with E-state index in [9.17, 15) is 4.79 Å². The molecule has 0 rings (SSSR count). The van der Waals surface area contributed by atoms with E-state index in [4.69, 9.17) is 16.3 Å². The van der Waals surface area contributed by atoms with Crippen LogP contribution in [0.4, 0.5) is 0 Å². The van der Waals surface area contributed by atoms with E-state index in [0.29, 0.717) is 0 Å². The lowest BCUT2D eigenvalue weighted by molar-refractivity contribution is -0.145. The molecule has 0 heterocycles. The lowest BCUT2D eigenvalue weighted by atomic mass is 10.1. The molecule has 2 nitrogen and oxygen atoms in total. The Hall–Kier alpha value is 1.22. The second kappa shape index (κ2) is 10.2. The van der Waals surface area contributed by atoms with Crippen LogP contribution in [0.15, 0.2) is 0 Å². The molecule has 0 fully saturated rings. The molecule has 2 atom stereocenters. The lowest BCUT2D eigenvalue weighted by Crippen LogP contribution is -2.32. The molecule has 0 saturated heterocycles. The van der Waals surface area contributed by atoms with E-state index < -0.39 is 0 Å². The summed E-state index contributed by atoms with van der Waals surface area (Å²) in [4.78, 5) is 11.0. The first kappa shape index (κ1) is 17.2. The van der Waals surface area contributed by atoms with E-state index >= 15 is 0 Å². The van der Waals surface area contributed by atoms with Gasteiger partial charge in [-0.05, 0) is 6.42 Å². The Kier molecular flexibility index (Phi) is 10.9. The molecule has 0 spiro atoms. The molecule has 0 aromatic carbocycles. The van der Waals surface area contributed by atoms with Crippen LogP contribution >= 0.6 is 56.8 Å². The van der Waals surface area contributed by atoms with Crippen molar-refractivity contribution in [1.82, 2.24) is 0 Å². The van der Waals surface area contributed by atoms with Crippen LogP contribution in [0.5, 0.6) is 0 Å². The van der Waals surface area contributed by atoms with Gasteiger partial charge in [0.15, 0.2) is 0 Å². The van der Waals surface area contributed by atoms with Crippen molar-refractivity contribution in [3.05, 3.63) is 0 Å². The molecule has 0 saturated carbocycles. The predicted octanol–water partition coefficient (Wildman–Crippen LogP) is 4.69. The Balaban J connectivity index is 3.97. The molecule has 0 N–H and O–H groups in total. The Morgan fingerprint density at radius 3 is 2.38 bits per heavy atom. The number of ether oxygens (including phenoxy) is 1. The van der Waals surface area contributed by atoms with Gasteiger partial charge in [-0.1, -0.05) is 77.8 Å². The zero-order chi connectivity index (χ0) is 12.6. The van der Waals surface area contributed by atoms with Crippen molar-refractivity contribution in [2.75, 3.05) is 0 Å². The number of unbranched alkanes of at least 4 members (excludes halogenated alkanes) is 3. The molecule has 0 amide bonds. The highest BCUT2D eigenvalue weighted by Gasteiger charge is 2.27. The third kappa shape index (κ3) is 8.33. The molecule has 0 bridgehead atoms. The van der Waals surface area contributed by atoms with Crippen LogP contribution in [0.3, 0.4) is 0 Å². The van der Waals surface area contributed by atoms with Gasteiger partial charge >= 0.3 is 5.97 Å². The SMILES string of the molecule is CCCCCCC(Cl)C(OC(C)=O)C(I)I. The largest absolute Gasteiger partial charge is 0.459 e. The molecule has 0 aliphatic rings. The number of hydrogen-bond acceptors (Lipinski definition) is 2. The van der Waals surface area contributed by atoms with Crippen LogP contribution in [-0.4, -0.2) is 19.4 Å². The summed E-state index contributed by atoms with van der Waals surface area (Å²) in [5.41, 5.74) is 0. The molecule has 0 aromatic rings. The number of esters is 1. The van der Waals surface area contributed by atoms with Crippen LogP contribution in [0.2, 0.25) is 0 Å². The van der Waals surface area contributed by atoms with E-state index in [1.165, 1.54) is 26.2 Å². The molecule has 16 heavy (non-hydrogen) atoms. The van der Waals surface area contributed by atoms with Crippen LogP contribution in [0.1, 0.15) is 46.0 Å². The average molecular weight is 473 g/mol. The summed E-state index contributed by atoms with van der Waals surface area (Å²) in [7, 11) is 0. The maximum Gasteiger partial charge on any atom is 0.303 e. The molecule has 0 aliphatic carbocycles. The lowest BCUT2D eigenvalue weighted by Gasteiger charge is -2.23. The van der Waals surface area contributed by atoms with E-state index in [1.807, 2.05) is 0 Å². The first-order valence-electron chi connectivity index (χ1n) is 5.58. The third-order valence-corrected chi connectivity index (χ3v) is 4.12. The van der Waals surface area contributed by atoms with Crippen molar-refractivity contribution >= 4 is 62.8 Å². The van der Waals surface area contributed by atoms with Gasteiger partial charge in [0.25, 0.3) is 0 Å². The smallest absolute Gasteiger partial charge is 0.303 e. The topological polar surface area (TPSA) is 26.3 Å². The summed E-state index contributed by atoms with van der Waals surface area (Å²) in [6, 6.07) is 0. The number of rotatable bonds is 8. The van der Waals surface area contributed by atoms with Gasteiger partial charge in [-0.3, -0.25) is 4.79 Å². The maximum atomic E-state index is 11.0. The summed E-state index contributed by atoms with van der Waals surface area (Å²) in [5, 5.41) is -0.0699. The van der Waals surface area contributed by atoms with Crippen molar-refractivity contribution in [2.24, 2.45) is 0 Å². The standard InChI is InChI=1S/C11H19ClI2O2/c1-3-4-5-6-7-9(12)10(11(13)14)16-8(2)15/h9-11H,3-7H2,1-2H3. The number of hydrogen-bond donors (Lipinski definition) is 0. The second-order valence-electron chi connectivity index (χ2n) is 3.77. The van der Waals surface area contributed by atoms with Gasteiger partial charge in [0, 0.05) is 6.92 Å². The normalized spacial score (nSPS) is 14.9. The van der Waals surface area contributed by atoms with Crippen molar-refractivity contribution in [3.63, 3.8) is 0 Å². The van der Waals surface area contributed by atoms with Gasteiger partial charge in [0.2, 0.25) is 0 Å². The molecular formula is C11H19ClI2O2. The second-order valence-corrected chi connectivity index (χ2v) is 9.40. The molecule has 0 aliphatic heterocycles. The van der Waals surface area contributed by atoms with Crippen LogP contribution in [0.25, 0.3) is 0 Å². The highest BCUT2D eigenvalue weighted by Crippen LogP contribution is 2.26. The minimum absolute atomic E-state index is 0.0699. The Morgan fingerprint density at radius 1 is 1.31 bits per heavy atom. The van der Waals surface area contributed by atoms with Crippen LogP contribution in [-0.2, 0) is 9.53 Å². The van der Waals surface area contributed by atoms with Crippen molar-refractivity contribution in [2.45, 2.75) is 59.4 Å². The van der Waals surface area contributed by atoms with Crippen molar-refractivity contribution < 1.29 is 9.53 Å². The van der Waals surface area contributed by atoms with Crippen LogP contribution < -0.4 is 0 Å². The fourth-order valence-electron chi connectivity index (χ4n) is 1.41. The van der Waals surface area contributed by atoms with E-state index in [0.717, 1.165) is 12.8 Å². The van der Waals surface area contributed by atoms with E-state index in [-0.39, 0.29) is 19.4 Å². The highest BCUT2D eigenvalue weighted by molar-refractivity contribution is 14.2. The first-order chi connectivity index (χ1) is 7.49. The minimum atomic E-state index is -0.248. The van der Waals surface area contributed by atoms with Gasteiger partial charge in [-0.15, -0.1) is 11.6 Å². The first-order valence-corrected chi connectivity index (χ1v) is 8.51. The minimum Gasteiger partial charge on any atom is -0.459 e.